The van der Waals surface area contributed by atoms with Crippen molar-refractivity contribution in [1.82, 2.24) is 4.90 Å². The Labute approximate surface area is 181 Å². The van der Waals surface area contributed by atoms with Gasteiger partial charge >= 0.3 is 0 Å². The van der Waals surface area contributed by atoms with E-state index in [-0.39, 0.29) is 17.4 Å². The molecule has 2 aliphatic rings. The molecule has 0 saturated carbocycles. The number of furan rings is 1. The SMILES string of the molecule is O=C1/C(=C\c2ccc(-c3cccc(Cl)c3Cl)o2)SC(=S)N1[C@H]1CCS(=O)(=O)C1. The molecule has 0 radical (unpaired) electrons. The van der Waals surface area contributed by atoms with Crippen LogP contribution in [0.5, 0.6) is 0 Å². The second-order valence-corrected chi connectivity index (χ2v) is 11.1. The predicted molar refractivity (Wildman–Crippen MR) is 116 cm³/mol. The van der Waals surface area contributed by atoms with Crippen LogP contribution in [0.3, 0.4) is 0 Å². The number of nitrogens with zero attached hydrogens (tertiary/aromatic N) is 1. The zero-order valence-electron chi connectivity index (χ0n) is 14.2. The van der Waals surface area contributed by atoms with E-state index in [1.54, 1.807) is 36.4 Å². The maximum Gasteiger partial charge on any atom is 0.266 e. The van der Waals surface area contributed by atoms with Gasteiger partial charge in [-0.1, -0.05) is 53.2 Å². The van der Waals surface area contributed by atoms with Gasteiger partial charge < -0.3 is 4.42 Å². The molecule has 0 unspecified atom stereocenters. The van der Waals surface area contributed by atoms with Gasteiger partial charge in [0.1, 0.15) is 15.8 Å². The van der Waals surface area contributed by atoms with Gasteiger partial charge in [0.2, 0.25) is 0 Å². The summed E-state index contributed by atoms with van der Waals surface area (Å²) in [6, 6.07) is 8.31. The van der Waals surface area contributed by atoms with E-state index in [2.05, 4.69) is 0 Å². The number of rotatable bonds is 3. The average Bonchev–Trinajstić information content (AvgIpc) is 3.29. The number of sulfone groups is 1. The summed E-state index contributed by atoms with van der Waals surface area (Å²) in [5.74, 6) is 0.721. The monoisotopic (exact) mass is 473 g/mol. The van der Waals surface area contributed by atoms with E-state index in [0.29, 0.717) is 42.8 Å². The fourth-order valence-corrected chi connectivity index (χ4v) is 6.65. The molecule has 4 rings (SSSR count). The maximum absolute atomic E-state index is 12.8. The molecule has 2 fully saturated rings. The lowest BCUT2D eigenvalue weighted by atomic mass is 10.2. The molecule has 146 valence electrons. The van der Waals surface area contributed by atoms with Crippen molar-refractivity contribution in [1.29, 1.82) is 0 Å². The van der Waals surface area contributed by atoms with Crippen molar-refractivity contribution in [2.75, 3.05) is 11.5 Å². The predicted octanol–water partition coefficient (Wildman–Crippen LogP) is 4.64. The molecule has 1 amide bonds. The van der Waals surface area contributed by atoms with Crippen LogP contribution in [0.2, 0.25) is 10.0 Å². The van der Waals surface area contributed by atoms with Gasteiger partial charge in [0, 0.05) is 11.6 Å². The summed E-state index contributed by atoms with van der Waals surface area (Å²) in [5, 5.41) is 0.809. The van der Waals surface area contributed by atoms with Gasteiger partial charge in [0.05, 0.1) is 32.5 Å². The van der Waals surface area contributed by atoms with Crippen LogP contribution < -0.4 is 0 Å². The first-order chi connectivity index (χ1) is 13.2. The van der Waals surface area contributed by atoms with E-state index in [9.17, 15) is 13.2 Å². The van der Waals surface area contributed by atoms with Gasteiger partial charge in [-0.3, -0.25) is 9.69 Å². The van der Waals surface area contributed by atoms with Crippen LogP contribution in [0.1, 0.15) is 12.2 Å². The summed E-state index contributed by atoms with van der Waals surface area (Å²) < 4.78 is 29.6. The highest BCUT2D eigenvalue weighted by molar-refractivity contribution is 8.26. The Kier molecular flexibility index (Phi) is 5.35. The molecule has 28 heavy (non-hydrogen) atoms. The maximum atomic E-state index is 12.8. The number of thioether (sulfide) groups is 1. The second-order valence-electron chi connectivity index (χ2n) is 6.41. The molecule has 1 atom stereocenters. The number of thiocarbonyl (C=S) groups is 1. The Morgan fingerprint density at radius 2 is 2.04 bits per heavy atom. The largest absolute Gasteiger partial charge is 0.457 e. The lowest BCUT2D eigenvalue weighted by molar-refractivity contribution is -0.123. The summed E-state index contributed by atoms with van der Waals surface area (Å²) in [6.45, 7) is 0. The van der Waals surface area contributed by atoms with Gasteiger partial charge in [0.25, 0.3) is 5.91 Å². The molecule has 2 aliphatic heterocycles. The van der Waals surface area contributed by atoms with E-state index < -0.39 is 15.9 Å². The van der Waals surface area contributed by atoms with E-state index in [1.165, 1.54) is 4.90 Å². The van der Waals surface area contributed by atoms with E-state index in [0.717, 1.165) is 11.8 Å². The van der Waals surface area contributed by atoms with Crippen molar-refractivity contribution >= 4 is 73.3 Å². The van der Waals surface area contributed by atoms with Crippen molar-refractivity contribution < 1.29 is 17.6 Å². The minimum Gasteiger partial charge on any atom is -0.457 e. The van der Waals surface area contributed by atoms with Gasteiger partial charge in [0.15, 0.2) is 9.84 Å². The molecule has 10 heteroatoms. The third kappa shape index (κ3) is 3.76. The zero-order valence-corrected chi connectivity index (χ0v) is 18.2. The van der Waals surface area contributed by atoms with Crippen LogP contribution in [0.15, 0.2) is 39.7 Å². The zero-order chi connectivity index (χ0) is 20.1. The molecule has 2 saturated heterocycles. The first-order valence-corrected chi connectivity index (χ1v) is 12.1. The van der Waals surface area contributed by atoms with Crippen molar-refractivity contribution in [3.05, 3.63) is 51.0 Å². The number of amides is 1. The Morgan fingerprint density at radius 1 is 1.25 bits per heavy atom. The van der Waals surface area contributed by atoms with Crippen molar-refractivity contribution in [2.24, 2.45) is 0 Å². The van der Waals surface area contributed by atoms with Gasteiger partial charge in [-0.25, -0.2) is 8.42 Å². The molecule has 0 spiro atoms. The quantitative estimate of drug-likeness (QED) is 0.477. The standard InChI is InChI=1S/C18H13Cl2NO4S3/c19-13-3-1-2-12(16(13)20)14-5-4-11(25-14)8-15-17(22)21(18(26)27-15)10-6-7-28(23,24)9-10/h1-5,8,10H,6-7,9H2/b15-8+/t10-/m0/s1. The molecule has 0 bridgehead atoms. The van der Waals surface area contributed by atoms with E-state index >= 15 is 0 Å². The van der Waals surface area contributed by atoms with Gasteiger partial charge in [-0.15, -0.1) is 0 Å². The smallest absolute Gasteiger partial charge is 0.266 e. The highest BCUT2D eigenvalue weighted by atomic mass is 35.5. The number of hydrogen-bond donors (Lipinski definition) is 0. The summed E-state index contributed by atoms with van der Waals surface area (Å²) >= 11 is 18.7. The number of carbonyl (C=O) groups excluding carboxylic acids is 1. The highest BCUT2D eigenvalue weighted by Gasteiger charge is 2.42. The fourth-order valence-electron chi connectivity index (χ4n) is 3.17. The van der Waals surface area contributed by atoms with Crippen molar-refractivity contribution in [3.8, 4) is 11.3 Å². The summed E-state index contributed by atoms with van der Waals surface area (Å²) in [5.41, 5.74) is 0.650. The number of hydrogen-bond acceptors (Lipinski definition) is 6. The second kappa shape index (κ2) is 7.50. The lowest BCUT2D eigenvalue weighted by Crippen LogP contribution is -2.39. The third-order valence-corrected chi connectivity index (χ3v) is 8.41. The number of carbonyl (C=O) groups is 1. The Morgan fingerprint density at radius 3 is 2.75 bits per heavy atom. The van der Waals surface area contributed by atoms with Crippen LogP contribution in [-0.2, 0) is 14.6 Å². The van der Waals surface area contributed by atoms with Crippen molar-refractivity contribution in [3.63, 3.8) is 0 Å². The lowest BCUT2D eigenvalue weighted by Gasteiger charge is -2.20. The van der Waals surface area contributed by atoms with Crippen LogP contribution in [0, 0.1) is 0 Å². The first kappa shape index (κ1) is 20.0. The van der Waals surface area contributed by atoms with E-state index in [1.807, 2.05) is 0 Å². The van der Waals surface area contributed by atoms with E-state index in [4.69, 9.17) is 39.8 Å². The summed E-state index contributed by atoms with van der Waals surface area (Å²) in [6.07, 6.45) is 2.00. The van der Waals surface area contributed by atoms with Crippen molar-refractivity contribution in [2.45, 2.75) is 12.5 Å². The minimum absolute atomic E-state index is 0.0507. The Balaban J connectivity index is 1.59. The average molecular weight is 474 g/mol. The van der Waals surface area contributed by atoms with Gasteiger partial charge in [-0.05, 0) is 30.7 Å². The molecule has 0 aliphatic carbocycles. The molecule has 1 aromatic heterocycles. The number of benzene rings is 1. The Hall–Kier alpha value is -1.32. The van der Waals surface area contributed by atoms with Crippen LogP contribution in [0.25, 0.3) is 17.4 Å². The fraction of sp³-hybridized carbons (Fsp3) is 0.222. The van der Waals surface area contributed by atoms with Crippen LogP contribution in [0.4, 0.5) is 0 Å². The molecular weight excluding hydrogens is 461 g/mol. The molecule has 5 nitrogen and oxygen atoms in total. The molecule has 1 aromatic carbocycles. The summed E-state index contributed by atoms with van der Waals surface area (Å²) in [4.78, 5) is 14.6. The Bertz CT molecular complexity index is 1120. The number of halogens is 2. The topological polar surface area (TPSA) is 67.6 Å². The van der Waals surface area contributed by atoms with Gasteiger partial charge in [-0.2, -0.15) is 0 Å². The van der Waals surface area contributed by atoms with Crippen LogP contribution >= 0.6 is 47.2 Å². The highest BCUT2D eigenvalue weighted by Crippen LogP contribution is 2.38. The third-order valence-electron chi connectivity index (χ3n) is 4.51. The first-order valence-electron chi connectivity index (χ1n) is 8.27. The minimum atomic E-state index is -3.12. The van der Waals surface area contributed by atoms with Crippen LogP contribution in [-0.4, -0.2) is 41.1 Å². The molecule has 2 aromatic rings. The molecular formula is C18H13Cl2NO4S3. The summed E-state index contributed by atoms with van der Waals surface area (Å²) in [7, 11) is -3.12. The molecule has 0 N–H and O–H groups in total. The molecule has 3 heterocycles. The normalized spacial score (nSPS) is 23.1.